The molecule has 2 bridgehead atoms. The van der Waals surface area contributed by atoms with Gasteiger partial charge in [-0.1, -0.05) is 96.4 Å². The number of amides is 1. The van der Waals surface area contributed by atoms with Crippen LogP contribution in [0.3, 0.4) is 0 Å². The summed E-state index contributed by atoms with van der Waals surface area (Å²) in [5, 5.41) is 12.1. The smallest absolute Gasteiger partial charge is 0.461 e. The Morgan fingerprint density at radius 1 is 0.786 bits per heavy atom. The predicted molar refractivity (Wildman–Crippen MR) is 311 cm³/mol. The van der Waals surface area contributed by atoms with Crippen LogP contribution in [-0.2, 0) is 80.9 Å². The first-order valence-corrected chi connectivity index (χ1v) is 29.8. The number of methoxy groups -OCH3 is 3. The van der Waals surface area contributed by atoms with E-state index in [4.69, 9.17) is 47.4 Å². The van der Waals surface area contributed by atoms with Crippen LogP contribution in [0.4, 0.5) is 4.79 Å². The largest absolute Gasteiger partial charge is 0.508 e. The Hall–Kier alpha value is -5.64. The zero-order valence-electron chi connectivity index (χ0n) is 51.3. The number of esters is 3. The van der Waals surface area contributed by atoms with Crippen LogP contribution in [-0.4, -0.2) is 166 Å². The number of carbonyl (C=O) groups is 8. The zero-order chi connectivity index (χ0) is 62.1. The molecule has 4 rings (SSSR count). The standard InChI is InChI=1S/C64H95NO19/c1-13-30-79-55(67)27-28-56(68)83-58-45(8)35-42(5)50(66)39-53(43(6)36-47-24-26-51(54(37-47)76-11)78-32-33-81-63(73)80-31-14-2)82-62(72)49-22-18-19-29-65(49)61(71)60(70)64(74)46(9)23-25-48(84-64)38-52(75-10)41(4)21-17-15-16-20-40(3)34-44(7)57(69)59(58)77-12/h13-17,20-21,35,40,42-44,46-49,51-54,58-59,74H,1-2,18-19,22-34,36-39H2,3-12H3/b17-15+,20-16+,41-21+,45-35+/t40-,42-,43-,44-,46-,47+,48+,49+,51-,52+,53+,54-,58-,59+,64-/m1/s1. The van der Waals surface area contributed by atoms with Gasteiger partial charge in [-0.2, -0.15) is 0 Å². The first kappa shape index (κ1) is 70.8. The van der Waals surface area contributed by atoms with Crippen molar-refractivity contribution in [2.24, 2.45) is 35.5 Å². The Morgan fingerprint density at radius 3 is 2.19 bits per heavy atom. The monoisotopic (exact) mass is 1180 g/mol. The van der Waals surface area contributed by atoms with Crippen LogP contribution in [0.2, 0.25) is 0 Å². The van der Waals surface area contributed by atoms with E-state index in [9.17, 15) is 43.5 Å². The van der Waals surface area contributed by atoms with Crippen molar-refractivity contribution >= 4 is 47.3 Å². The number of ether oxygens (including phenoxy) is 10. The minimum absolute atomic E-state index is 0.0149. The number of hydrogen-bond donors (Lipinski definition) is 1. The summed E-state index contributed by atoms with van der Waals surface area (Å²) in [6.45, 7) is 19.5. The van der Waals surface area contributed by atoms with E-state index in [-0.39, 0.29) is 101 Å². The third-order valence-corrected chi connectivity index (χ3v) is 16.5. The Bertz CT molecular complexity index is 2360. The van der Waals surface area contributed by atoms with Crippen molar-refractivity contribution in [3.63, 3.8) is 0 Å². The Labute approximate surface area is 497 Å². The lowest BCUT2D eigenvalue weighted by Gasteiger charge is -2.42. The molecule has 470 valence electrons. The highest BCUT2D eigenvalue weighted by Gasteiger charge is 2.53. The summed E-state index contributed by atoms with van der Waals surface area (Å²) in [5.74, 6) is -10.5. The van der Waals surface area contributed by atoms with Crippen LogP contribution in [0.1, 0.15) is 138 Å². The number of carbonyl (C=O) groups excluding carboxylic acids is 8. The van der Waals surface area contributed by atoms with Gasteiger partial charge in [0.15, 0.2) is 18.0 Å². The summed E-state index contributed by atoms with van der Waals surface area (Å²) in [5.41, 5.74) is 1.16. The summed E-state index contributed by atoms with van der Waals surface area (Å²) in [4.78, 5) is 112. The fourth-order valence-corrected chi connectivity index (χ4v) is 11.6. The van der Waals surface area contributed by atoms with Crippen LogP contribution in [0.25, 0.3) is 0 Å². The number of aliphatic hydroxyl groups is 1. The highest BCUT2D eigenvalue weighted by Crippen LogP contribution is 2.38. The first-order valence-electron chi connectivity index (χ1n) is 29.8. The maximum Gasteiger partial charge on any atom is 0.508 e. The summed E-state index contributed by atoms with van der Waals surface area (Å²) in [6.07, 6.45) is 11.5. The molecule has 2 saturated heterocycles. The Balaban J connectivity index is 1.74. The Morgan fingerprint density at radius 2 is 1.50 bits per heavy atom. The van der Waals surface area contributed by atoms with Crippen molar-refractivity contribution in [3.8, 4) is 0 Å². The van der Waals surface area contributed by atoms with E-state index < -0.39 is 102 Å². The second-order valence-corrected chi connectivity index (χ2v) is 23.1. The van der Waals surface area contributed by atoms with Gasteiger partial charge in [-0.25, -0.2) is 9.59 Å². The van der Waals surface area contributed by atoms with Gasteiger partial charge >= 0.3 is 24.1 Å². The van der Waals surface area contributed by atoms with Crippen molar-refractivity contribution in [2.45, 2.75) is 193 Å². The van der Waals surface area contributed by atoms with Crippen molar-refractivity contribution in [2.75, 3.05) is 54.3 Å². The van der Waals surface area contributed by atoms with Gasteiger partial charge < -0.3 is 57.4 Å². The number of Topliss-reactive ketones (excluding diaryl/α,β-unsaturated/α-hetero) is 3. The van der Waals surface area contributed by atoms with Gasteiger partial charge in [0.2, 0.25) is 5.79 Å². The van der Waals surface area contributed by atoms with Crippen LogP contribution >= 0.6 is 0 Å². The Kier molecular flexibility index (Phi) is 30.1. The molecule has 3 heterocycles. The molecule has 0 aromatic heterocycles. The number of rotatable bonds is 18. The lowest BCUT2D eigenvalue weighted by Crippen LogP contribution is -2.61. The molecular weight excluding hydrogens is 1090 g/mol. The molecule has 0 aromatic rings. The molecular formula is C64H95NO19. The van der Waals surface area contributed by atoms with E-state index in [2.05, 4.69) is 13.2 Å². The molecule has 1 saturated carbocycles. The highest BCUT2D eigenvalue weighted by molar-refractivity contribution is 6.39. The second kappa shape index (κ2) is 35.7. The van der Waals surface area contributed by atoms with Gasteiger partial charge in [-0.05, 0) is 107 Å². The number of allylic oxidation sites excluding steroid dienone is 6. The van der Waals surface area contributed by atoms with E-state index >= 15 is 0 Å². The molecule has 3 aliphatic heterocycles. The van der Waals surface area contributed by atoms with Gasteiger partial charge in [-0.15, -0.1) is 0 Å². The van der Waals surface area contributed by atoms with Crippen LogP contribution in [0, 0.1) is 35.5 Å². The number of nitrogens with zero attached hydrogens (tertiary/aromatic N) is 1. The summed E-state index contributed by atoms with van der Waals surface area (Å²) >= 11 is 0. The number of fused-ring (bicyclic) bond motifs is 3. The molecule has 20 heteroatoms. The quantitative estimate of drug-likeness (QED) is 0.0443. The maximum atomic E-state index is 14.8. The molecule has 0 spiro atoms. The van der Waals surface area contributed by atoms with E-state index in [1.165, 1.54) is 19.3 Å². The van der Waals surface area contributed by atoms with E-state index in [0.29, 0.717) is 63.4 Å². The van der Waals surface area contributed by atoms with E-state index in [1.54, 1.807) is 48.0 Å². The van der Waals surface area contributed by atoms with Gasteiger partial charge in [0.25, 0.3) is 11.7 Å². The molecule has 0 radical (unpaired) electrons. The summed E-state index contributed by atoms with van der Waals surface area (Å²) in [6, 6.07) is -1.23. The number of ketones is 3. The van der Waals surface area contributed by atoms with Gasteiger partial charge in [0.05, 0.1) is 43.9 Å². The lowest BCUT2D eigenvalue weighted by atomic mass is 9.78. The second-order valence-electron chi connectivity index (χ2n) is 23.1. The molecule has 15 atom stereocenters. The maximum absolute atomic E-state index is 14.8. The van der Waals surface area contributed by atoms with Crippen molar-refractivity contribution < 1.29 is 90.8 Å². The number of cyclic esters (lactones) is 1. The van der Waals surface area contributed by atoms with Crippen molar-refractivity contribution in [1.29, 1.82) is 0 Å². The lowest BCUT2D eigenvalue weighted by molar-refractivity contribution is -0.265. The third kappa shape index (κ3) is 21.4. The minimum Gasteiger partial charge on any atom is -0.461 e. The molecule has 1 aliphatic carbocycles. The number of hydrogen-bond acceptors (Lipinski definition) is 19. The van der Waals surface area contributed by atoms with Crippen LogP contribution in [0.15, 0.2) is 72.9 Å². The summed E-state index contributed by atoms with van der Waals surface area (Å²) < 4.78 is 57.3. The highest BCUT2D eigenvalue weighted by atomic mass is 16.7. The number of piperidine rings is 1. The molecule has 0 aromatic carbocycles. The van der Waals surface area contributed by atoms with Crippen LogP contribution < -0.4 is 0 Å². The molecule has 84 heavy (non-hydrogen) atoms. The van der Waals surface area contributed by atoms with E-state index in [1.807, 2.05) is 51.2 Å². The average Bonchev–Trinajstić information content (AvgIpc) is 2.70. The molecule has 1 N–H and O–H groups in total. The molecule has 0 unspecified atom stereocenters. The topological polar surface area (TPSA) is 252 Å². The first-order chi connectivity index (χ1) is 40.0. The normalized spacial score (nSPS) is 33.5. The predicted octanol–water partition coefficient (Wildman–Crippen LogP) is 8.60. The molecule has 4 aliphatic rings. The van der Waals surface area contributed by atoms with Gasteiger partial charge in [0, 0.05) is 58.5 Å². The third-order valence-electron chi connectivity index (χ3n) is 16.5. The van der Waals surface area contributed by atoms with E-state index in [0.717, 1.165) is 10.5 Å². The average molecular weight is 1180 g/mol. The fraction of sp³-hybridized carbons (Fsp3) is 0.688. The molecule has 1 amide bonds. The van der Waals surface area contributed by atoms with Gasteiger partial charge in [-0.3, -0.25) is 28.8 Å². The van der Waals surface area contributed by atoms with Crippen LogP contribution in [0.5, 0.6) is 0 Å². The van der Waals surface area contributed by atoms with Crippen molar-refractivity contribution in [1.82, 2.24) is 4.90 Å². The molecule has 3 fully saturated rings. The molecule has 20 nitrogen and oxygen atoms in total. The van der Waals surface area contributed by atoms with Crippen molar-refractivity contribution in [3.05, 3.63) is 72.9 Å². The zero-order valence-corrected chi connectivity index (χ0v) is 51.3. The summed E-state index contributed by atoms with van der Waals surface area (Å²) in [7, 11) is 4.48. The van der Waals surface area contributed by atoms with Gasteiger partial charge in [0.1, 0.15) is 37.7 Å². The SMILES string of the molecule is C=CCOC(=O)CCC(=O)O[C@@H]1/C(C)=C/[C@@H](C)C(=O)C[C@@H]([C@H](C)C[C@@H]2CC[C@@H](OCCOC(=O)OCC=C)[C@H](OC)C2)OC(=O)[C@@H]2CCCCN2C(=O)C(=O)[C@]2(O)O[C@@H](CC[C@H]2C)C[C@H](OC)/C(C)=C/C=C/C=C/[C@@H](C)C[C@@H](C)C(=O)[C@@H]1OC. The fourth-order valence-electron chi connectivity index (χ4n) is 11.6. The minimum atomic E-state index is -2.49.